The van der Waals surface area contributed by atoms with E-state index in [2.05, 4.69) is 21.7 Å². The van der Waals surface area contributed by atoms with Crippen LogP contribution in [0.2, 0.25) is 0 Å². The summed E-state index contributed by atoms with van der Waals surface area (Å²) in [5.74, 6) is -0.541. The maximum atomic E-state index is 11.0. The van der Waals surface area contributed by atoms with E-state index < -0.39 is 5.97 Å². The van der Waals surface area contributed by atoms with E-state index >= 15 is 0 Å². The van der Waals surface area contributed by atoms with Crippen LogP contribution < -0.4 is 5.32 Å². The Labute approximate surface area is 109 Å². The predicted octanol–water partition coefficient (Wildman–Crippen LogP) is 2.88. The van der Waals surface area contributed by atoms with Crippen molar-refractivity contribution in [3.8, 4) is 0 Å². The van der Waals surface area contributed by atoms with Crippen molar-refractivity contribution in [3.63, 3.8) is 0 Å². The van der Waals surface area contributed by atoms with Crippen LogP contribution in [-0.4, -0.2) is 22.1 Å². The molecule has 2 aromatic heterocycles. The molecule has 0 bridgehead atoms. The smallest absolute Gasteiger partial charge is 0.339 e. The summed E-state index contributed by atoms with van der Waals surface area (Å²) >= 11 is 1.66. The van der Waals surface area contributed by atoms with E-state index in [1.165, 1.54) is 5.56 Å². The van der Waals surface area contributed by atoms with Crippen LogP contribution in [0.3, 0.4) is 0 Å². The molecule has 0 aliphatic rings. The van der Waals surface area contributed by atoms with Gasteiger partial charge in [0, 0.05) is 12.2 Å². The highest BCUT2D eigenvalue weighted by molar-refractivity contribution is 7.07. The Morgan fingerprint density at radius 2 is 2.39 bits per heavy atom. The Bertz CT molecular complexity index is 526. The number of nitrogens with zero attached hydrogens (tertiary/aromatic N) is 1. The minimum atomic E-state index is -0.965. The highest BCUT2D eigenvalue weighted by Gasteiger charge is 2.12. The van der Waals surface area contributed by atoms with E-state index in [4.69, 9.17) is 5.11 Å². The van der Waals surface area contributed by atoms with E-state index in [9.17, 15) is 4.79 Å². The minimum Gasteiger partial charge on any atom is -0.478 e. The predicted molar refractivity (Wildman–Crippen MR) is 72.3 cm³/mol. The summed E-state index contributed by atoms with van der Waals surface area (Å²) in [7, 11) is 0. The molecule has 2 heterocycles. The van der Waals surface area contributed by atoms with Crippen LogP contribution in [-0.2, 0) is 6.42 Å². The van der Waals surface area contributed by atoms with Gasteiger partial charge in [-0.25, -0.2) is 9.78 Å². The number of nitrogens with one attached hydrogen (secondary N) is 1. The third-order valence-electron chi connectivity index (χ3n) is 2.54. The average Bonchev–Trinajstić information content (AvgIpc) is 2.82. The van der Waals surface area contributed by atoms with E-state index in [1.807, 2.05) is 12.3 Å². The molecule has 1 unspecified atom stereocenters. The summed E-state index contributed by atoms with van der Waals surface area (Å²) in [5, 5.41) is 16.3. The Morgan fingerprint density at radius 3 is 3.06 bits per heavy atom. The molecule has 18 heavy (non-hydrogen) atoms. The maximum absolute atomic E-state index is 11.0. The second-order valence-corrected chi connectivity index (χ2v) is 4.87. The van der Waals surface area contributed by atoms with Crippen molar-refractivity contribution in [2.24, 2.45) is 0 Å². The first kappa shape index (κ1) is 12.6. The summed E-state index contributed by atoms with van der Waals surface area (Å²) in [4.78, 5) is 15.1. The lowest BCUT2D eigenvalue weighted by molar-refractivity contribution is 0.0697. The summed E-state index contributed by atoms with van der Waals surface area (Å²) in [6.07, 6.45) is 2.44. The normalized spacial score (nSPS) is 12.1. The van der Waals surface area contributed by atoms with Gasteiger partial charge in [0.05, 0.1) is 0 Å². The summed E-state index contributed by atoms with van der Waals surface area (Å²) in [6, 6.07) is 5.37. The Hall–Kier alpha value is -1.88. The molecule has 4 nitrogen and oxygen atoms in total. The highest BCUT2D eigenvalue weighted by atomic mass is 32.1. The summed E-state index contributed by atoms with van der Waals surface area (Å²) < 4.78 is 0. The van der Waals surface area contributed by atoms with Gasteiger partial charge in [-0.15, -0.1) is 0 Å². The molecule has 0 fully saturated rings. The molecule has 94 valence electrons. The molecule has 0 aliphatic carbocycles. The molecular formula is C13H14N2O2S. The first-order chi connectivity index (χ1) is 8.66. The zero-order chi connectivity index (χ0) is 13.0. The molecule has 2 rings (SSSR count). The zero-order valence-electron chi connectivity index (χ0n) is 9.96. The third kappa shape index (κ3) is 3.07. The maximum Gasteiger partial charge on any atom is 0.339 e. The van der Waals surface area contributed by atoms with E-state index in [0.717, 1.165) is 6.42 Å². The molecule has 0 aliphatic heterocycles. The molecule has 0 aromatic carbocycles. The highest BCUT2D eigenvalue weighted by Crippen LogP contribution is 2.15. The summed E-state index contributed by atoms with van der Waals surface area (Å²) in [5.41, 5.74) is 1.45. The van der Waals surface area contributed by atoms with Gasteiger partial charge in [0.15, 0.2) is 0 Å². The fourth-order valence-electron chi connectivity index (χ4n) is 1.74. The topological polar surface area (TPSA) is 62.2 Å². The number of aromatic nitrogens is 1. The fraction of sp³-hybridized carbons (Fsp3) is 0.231. The largest absolute Gasteiger partial charge is 0.478 e. The molecule has 2 N–H and O–H groups in total. The van der Waals surface area contributed by atoms with Gasteiger partial charge in [0.1, 0.15) is 11.4 Å². The second-order valence-electron chi connectivity index (χ2n) is 4.09. The van der Waals surface area contributed by atoms with Gasteiger partial charge in [0.25, 0.3) is 0 Å². The van der Waals surface area contributed by atoms with Crippen LogP contribution in [0.1, 0.15) is 22.8 Å². The lowest BCUT2D eigenvalue weighted by atomic mass is 10.1. The number of aromatic carboxylic acids is 1. The number of hydrogen-bond donors (Lipinski definition) is 2. The number of rotatable bonds is 5. The van der Waals surface area contributed by atoms with Crippen molar-refractivity contribution in [1.29, 1.82) is 0 Å². The lowest BCUT2D eigenvalue weighted by Crippen LogP contribution is -2.20. The minimum absolute atomic E-state index is 0.132. The van der Waals surface area contributed by atoms with Crippen LogP contribution in [0.5, 0.6) is 0 Å². The SMILES string of the molecule is CC(Cc1ccsc1)Nc1ncccc1C(=O)O. The van der Waals surface area contributed by atoms with Gasteiger partial charge in [-0.1, -0.05) is 0 Å². The zero-order valence-corrected chi connectivity index (χ0v) is 10.8. The van der Waals surface area contributed by atoms with Gasteiger partial charge >= 0.3 is 5.97 Å². The van der Waals surface area contributed by atoms with Crippen molar-refractivity contribution in [1.82, 2.24) is 4.98 Å². The van der Waals surface area contributed by atoms with Crippen LogP contribution in [0, 0.1) is 0 Å². The summed E-state index contributed by atoms with van der Waals surface area (Å²) in [6.45, 7) is 2.01. The van der Waals surface area contributed by atoms with E-state index in [0.29, 0.717) is 5.82 Å². The molecule has 0 saturated carbocycles. The molecular weight excluding hydrogens is 248 g/mol. The van der Waals surface area contributed by atoms with Gasteiger partial charge in [0.2, 0.25) is 0 Å². The Morgan fingerprint density at radius 1 is 1.56 bits per heavy atom. The molecule has 5 heteroatoms. The first-order valence-electron chi connectivity index (χ1n) is 5.62. The van der Waals surface area contributed by atoms with Crippen LogP contribution >= 0.6 is 11.3 Å². The quantitative estimate of drug-likeness (QED) is 0.869. The molecule has 1 atom stereocenters. The van der Waals surface area contributed by atoms with Crippen molar-refractivity contribution < 1.29 is 9.90 Å². The van der Waals surface area contributed by atoms with Gasteiger partial charge in [-0.3, -0.25) is 0 Å². The standard InChI is InChI=1S/C13H14N2O2S/c1-9(7-10-4-6-18-8-10)15-12-11(13(16)17)3-2-5-14-12/h2-6,8-9H,7H2,1H3,(H,14,15)(H,16,17). The van der Waals surface area contributed by atoms with Crippen molar-refractivity contribution in [2.75, 3.05) is 5.32 Å². The molecule has 0 spiro atoms. The van der Waals surface area contributed by atoms with Crippen molar-refractivity contribution >= 4 is 23.1 Å². The van der Waals surface area contributed by atoms with Crippen molar-refractivity contribution in [2.45, 2.75) is 19.4 Å². The van der Waals surface area contributed by atoms with Crippen LogP contribution in [0.25, 0.3) is 0 Å². The molecule has 0 amide bonds. The monoisotopic (exact) mass is 262 g/mol. The average molecular weight is 262 g/mol. The van der Waals surface area contributed by atoms with Crippen LogP contribution in [0.15, 0.2) is 35.2 Å². The molecule has 0 saturated heterocycles. The number of carbonyl (C=O) groups is 1. The Kier molecular flexibility index (Phi) is 3.94. The van der Waals surface area contributed by atoms with Gasteiger partial charge < -0.3 is 10.4 Å². The number of pyridine rings is 1. The van der Waals surface area contributed by atoms with E-state index in [1.54, 1.807) is 29.7 Å². The van der Waals surface area contributed by atoms with Crippen molar-refractivity contribution in [3.05, 3.63) is 46.3 Å². The third-order valence-corrected chi connectivity index (χ3v) is 3.28. The van der Waals surface area contributed by atoms with E-state index in [-0.39, 0.29) is 11.6 Å². The lowest BCUT2D eigenvalue weighted by Gasteiger charge is -2.15. The van der Waals surface area contributed by atoms with Gasteiger partial charge in [-0.05, 0) is 47.9 Å². The number of carboxylic acid groups (broad SMARTS) is 1. The Balaban J connectivity index is 2.07. The number of hydrogen-bond acceptors (Lipinski definition) is 4. The first-order valence-corrected chi connectivity index (χ1v) is 6.57. The molecule has 0 radical (unpaired) electrons. The number of thiophene rings is 1. The van der Waals surface area contributed by atoms with Crippen LogP contribution in [0.4, 0.5) is 5.82 Å². The van der Waals surface area contributed by atoms with Gasteiger partial charge in [-0.2, -0.15) is 11.3 Å². The second kappa shape index (κ2) is 5.64. The number of carboxylic acids is 1. The molecule has 2 aromatic rings. The number of anilines is 1. The fourth-order valence-corrected chi connectivity index (χ4v) is 2.42.